The first-order chi connectivity index (χ1) is 11.1. The highest BCUT2D eigenvalue weighted by Gasteiger charge is 2.31. The van der Waals surface area contributed by atoms with Gasteiger partial charge in [0.2, 0.25) is 0 Å². The van der Waals surface area contributed by atoms with Gasteiger partial charge >= 0.3 is 0 Å². The summed E-state index contributed by atoms with van der Waals surface area (Å²) >= 11 is 1.70. The molecule has 2 N–H and O–H groups in total. The van der Waals surface area contributed by atoms with Gasteiger partial charge in [-0.2, -0.15) is 0 Å². The molecule has 0 amide bonds. The fourth-order valence-corrected chi connectivity index (χ4v) is 4.42. The van der Waals surface area contributed by atoms with Gasteiger partial charge in [-0.3, -0.25) is 4.99 Å². The minimum Gasteiger partial charge on any atom is -0.370 e. The summed E-state index contributed by atoms with van der Waals surface area (Å²) in [7, 11) is 0. The lowest BCUT2D eigenvalue weighted by atomic mass is 9.78. The van der Waals surface area contributed by atoms with E-state index in [4.69, 9.17) is 10.7 Å². The number of aromatic nitrogens is 1. The van der Waals surface area contributed by atoms with Gasteiger partial charge in [-0.15, -0.1) is 11.3 Å². The van der Waals surface area contributed by atoms with E-state index in [9.17, 15) is 0 Å². The molecular weight excluding hydrogens is 306 g/mol. The van der Waals surface area contributed by atoms with Crippen molar-refractivity contribution < 1.29 is 0 Å². The third-order valence-electron chi connectivity index (χ3n) is 5.40. The second-order valence-corrected chi connectivity index (χ2v) is 8.31. The van der Waals surface area contributed by atoms with Crippen LogP contribution in [0.2, 0.25) is 0 Å². The highest BCUT2D eigenvalue weighted by molar-refractivity contribution is 7.13. The van der Waals surface area contributed by atoms with E-state index >= 15 is 0 Å². The second kappa shape index (κ2) is 7.07. The average Bonchev–Trinajstić information content (AvgIpc) is 3.26. The second-order valence-electron chi connectivity index (χ2n) is 7.43. The predicted molar refractivity (Wildman–Crippen MR) is 98.1 cm³/mol. The van der Waals surface area contributed by atoms with Gasteiger partial charge in [-0.25, -0.2) is 4.98 Å². The first-order valence-corrected chi connectivity index (χ1v) is 9.63. The third-order valence-corrected chi connectivity index (χ3v) is 6.23. The van der Waals surface area contributed by atoms with Crippen molar-refractivity contribution in [3.05, 3.63) is 11.6 Å². The van der Waals surface area contributed by atoms with Crippen molar-refractivity contribution >= 4 is 22.4 Å². The monoisotopic (exact) mass is 335 g/mol. The fraction of sp³-hybridized carbons (Fsp3) is 0.765. The van der Waals surface area contributed by atoms with E-state index < -0.39 is 0 Å². The van der Waals surface area contributed by atoms with Gasteiger partial charge in [0.15, 0.2) is 11.1 Å². The number of hydrogen-bond donors (Lipinski definition) is 1. The Morgan fingerprint density at radius 3 is 2.61 bits per heavy atom. The Morgan fingerprint density at radius 2 is 2.00 bits per heavy atom. The quantitative estimate of drug-likeness (QED) is 0.679. The summed E-state index contributed by atoms with van der Waals surface area (Å²) in [5.74, 6) is 1.52. The number of nitrogens with zero attached hydrogens (tertiary/aromatic N) is 4. The molecule has 0 unspecified atom stereocenters. The van der Waals surface area contributed by atoms with Crippen molar-refractivity contribution in [2.75, 3.05) is 37.6 Å². The molecule has 1 saturated heterocycles. The summed E-state index contributed by atoms with van der Waals surface area (Å²) in [4.78, 5) is 13.7. The smallest absolute Gasteiger partial charge is 0.191 e. The maximum Gasteiger partial charge on any atom is 0.191 e. The molecule has 128 valence electrons. The van der Waals surface area contributed by atoms with Gasteiger partial charge in [0.1, 0.15) is 0 Å². The highest BCUT2D eigenvalue weighted by Crippen LogP contribution is 2.39. The van der Waals surface area contributed by atoms with Gasteiger partial charge < -0.3 is 15.5 Å². The van der Waals surface area contributed by atoms with Crippen LogP contribution < -0.4 is 10.6 Å². The zero-order valence-electron chi connectivity index (χ0n) is 14.4. The van der Waals surface area contributed by atoms with E-state index in [0.29, 0.717) is 0 Å². The largest absolute Gasteiger partial charge is 0.370 e. The average molecular weight is 336 g/mol. The number of rotatable bonds is 4. The van der Waals surface area contributed by atoms with Crippen LogP contribution in [0.15, 0.2) is 16.6 Å². The molecule has 1 aliphatic carbocycles. The van der Waals surface area contributed by atoms with Crippen LogP contribution in [0.4, 0.5) is 5.13 Å². The van der Waals surface area contributed by atoms with Crippen molar-refractivity contribution in [3.63, 3.8) is 0 Å². The lowest BCUT2D eigenvalue weighted by Crippen LogP contribution is -2.51. The van der Waals surface area contributed by atoms with Crippen LogP contribution in [0.5, 0.6) is 0 Å². The van der Waals surface area contributed by atoms with Crippen LogP contribution in [-0.4, -0.2) is 48.6 Å². The Hall–Kier alpha value is -1.30. The van der Waals surface area contributed by atoms with E-state index in [1.807, 2.05) is 11.6 Å². The maximum absolute atomic E-state index is 6.26. The summed E-state index contributed by atoms with van der Waals surface area (Å²) in [5.41, 5.74) is 6.53. The number of anilines is 1. The first kappa shape index (κ1) is 16.6. The summed E-state index contributed by atoms with van der Waals surface area (Å²) in [6.07, 6.45) is 7.34. The standard InChI is InChI=1S/C17H29N5S/c1-17(2,14-5-3-4-6-14)13-20-15(18)21-8-10-22(11-9-21)16-19-7-12-23-16/h7,12,14H,3-6,8-11,13H2,1-2H3,(H2,18,20). The van der Waals surface area contributed by atoms with Crippen LogP contribution in [0.25, 0.3) is 0 Å². The fourth-order valence-electron chi connectivity index (χ4n) is 3.72. The van der Waals surface area contributed by atoms with Gasteiger partial charge in [0.05, 0.1) is 0 Å². The third kappa shape index (κ3) is 3.97. The lowest BCUT2D eigenvalue weighted by Gasteiger charge is -2.36. The minimum atomic E-state index is 0.268. The van der Waals surface area contributed by atoms with Crippen LogP contribution >= 0.6 is 11.3 Å². The molecule has 2 heterocycles. The Labute approximate surface area is 143 Å². The molecule has 0 radical (unpaired) electrons. The minimum absolute atomic E-state index is 0.268. The van der Waals surface area contributed by atoms with Crippen LogP contribution in [-0.2, 0) is 0 Å². The number of nitrogens with two attached hydrogens (primary N) is 1. The summed E-state index contributed by atoms with van der Waals surface area (Å²) in [5, 5.41) is 3.14. The van der Waals surface area contributed by atoms with E-state index in [0.717, 1.165) is 49.7 Å². The van der Waals surface area contributed by atoms with Crippen molar-refractivity contribution in [1.82, 2.24) is 9.88 Å². The number of hydrogen-bond acceptors (Lipinski definition) is 4. The summed E-state index contributed by atoms with van der Waals surface area (Å²) < 4.78 is 0. The molecule has 0 spiro atoms. The Balaban J connectivity index is 1.51. The molecule has 6 heteroatoms. The number of piperazine rings is 1. The number of aliphatic imine (C=N–C) groups is 1. The topological polar surface area (TPSA) is 57.8 Å². The van der Waals surface area contributed by atoms with Crippen molar-refractivity contribution in [2.24, 2.45) is 22.1 Å². The summed E-state index contributed by atoms with van der Waals surface area (Å²) in [6, 6.07) is 0. The zero-order chi connectivity index (χ0) is 16.3. The molecule has 0 atom stereocenters. The van der Waals surface area contributed by atoms with E-state index in [-0.39, 0.29) is 5.41 Å². The van der Waals surface area contributed by atoms with E-state index in [1.165, 1.54) is 25.7 Å². The lowest BCUT2D eigenvalue weighted by molar-refractivity contribution is 0.226. The van der Waals surface area contributed by atoms with Crippen LogP contribution in [0, 0.1) is 11.3 Å². The molecule has 23 heavy (non-hydrogen) atoms. The van der Waals surface area contributed by atoms with Crippen molar-refractivity contribution in [1.29, 1.82) is 0 Å². The zero-order valence-corrected chi connectivity index (χ0v) is 15.2. The van der Waals surface area contributed by atoms with E-state index in [2.05, 4.69) is 28.6 Å². The SMILES string of the molecule is CC(C)(CN=C(N)N1CCN(c2nccs2)CC1)C1CCCC1. The van der Waals surface area contributed by atoms with Crippen LogP contribution in [0.1, 0.15) is 39.5 Å². The molecule has 1 aromatic heterocycles. The molecule has 0 bridgehead atoms. The van der Waals surface area contributed by atoms with Gasteiger partial charge in [0, 0.05) is 44.3 Å². The molecule has 2 fully saturated rings. The molecular formula is C17H29N5S. The van der Waals surface area contributed by atoms with E-state index in [1.54, 1.807) is 11.3 Å². The van der Waals surface area contributed by atoms with Crippen molar-refractivity contribution in [3.8, 4) is 0 Å². The van der Waals surface area contributed by atoms with Gasteiger partial charge in [-0.05, 0) is 24.2 Å². The molecule has 2 aliphatic rings. The predicted octanol–water partition coefficient (Wildman–Crippen LogP) is 2.80. The van der Waals surface area contributed by atoms with Gasteiger partial charge in [-0.1, -0.05) is 26.7 Å². The molecule has 1 aliphatic heterocycles. The number of thiazole rings is 1. The van der Waals surface area contributed by atoms with Gasteiger partial charge in [0.25, 0.3) is 0 Å². The van der Waals surface area contributed by atoms with Crippen LogP contribution in [0.3, 0.4) is 0 Å². The first-order valence-electron chi connectivity index (χ1n) is 8.75. The molecule has 0 aromatic carbocycles. The Bertz CT molecular complexity index is 511. The number of guanidine groups is 1. The molecule has 5 nitrogen and oxygen atoms in total. The summed E-state index contributed by atoms with van der Waals surface area (Å²) in [6.45, 7) is 9.33. The normalized spacial score (nSPS) is 21.2. The van der Waals surface area contributed by atoms with Crippen molar-refractivity contribution in [2.45, 2.75) is 39.5 Å². The molecule has 3 rings (SSSR count). The Kier molecular flexibility index (Phi) is 5.09. The molecule has 1 aromatic rings. The highest BCUT2D eigenvalue weighted by atomic mass is 32.1. The maximum atomic E-state index is 6.26. The molecule has 1 saturated carbocycles. The Morgan fingerprint density at radius 1 is 1.30 bits per heavy atom.